The van der Waals surface area contributed by atoms with Crippen molar-refractivity contribution in [2.75, 3.05) is 39.0 Å². The van der Waals surface area contributed by atoms with E-state index >= 15 is 0 Å². The molecule has 5 nitrogen and oxygen atoms in total. The van der Waals surface area contributed by atoms with E-state index in [2.05, 4.69) is 18.2 Å². The van der Waals surface area contributed by atoms with Crippen LogP contribution in [0.3, 0.4) is 0 Å². The van der Waals surface area contributed by atoms with Gasteiger partial charge in [0.25, 0.3) is 0 Å². The molecule has 2 aromatic carbocycles. The number of hydrogen-bond acceptors (Lipinski definition) is 5. The van der Waals surface area contributed by atoms with Gasteiger partial charge in [-0.3, -0.25) is 0 Å². The van der Waals surface area contributed by atoms with Gasteiger partial charge >= 0.3 is 7.05 Å². The van der Waals surface area contributed by atoms with Crippen molar-refractivity contribution in [3.05, 3.63) is 35.9 Å². The van der Waals surface area contributed by atoms with Gasteiger partial charge in [-0.25, -0.2) is 0 Å². The van der Waals surface area contributed by atoms with Crippen LogP contribution in [0.4, 0.5) is 5.69 Å². The molecule has 0 amide bonds. The molecule has 0 saturated carbocycles. The van der Waals surface area contributed by atoms with Crippen LogP contribution in [-0.4, -0.2) is 46.2 Å². The summed E-state index contributed by atoms with van der Waals surface area (Å²) in [6.07, 6.45) is 0. The Morgan fingerprint density at radius 1 is 1.26 bits per heavy atom. The monoisotopic (exact) mass is 315 g/mol. The summed E-state index contributed by atoms with van der Waals surface area (Å²) < 4.78 is 16.4. The maximum absolute atomic E-state index is 10.1. The van der Waals surface area contributed by atoms with Crippen molar-refractivity contribution in [2.45, 2.75) is 12.7 Å². The molecule has 0 spiro atoms. The molecular weight excluding hydrogens is 293 g/mol. The second-order valence-corrected chi connectivity index (χ2v) is 5.85. The van der Waals surface area contributed by atoms with Crippen LogP contribution in [0.15, 0.2) is 30.3 Å². The fraction of sp³-hybridized carbons (Fsp3) is 0.412. The van der Waals surface area contributed by atoms with Crippen LogP contribution in [0.25, 0.3) is 10.8 Å². The predicted octanol–water partition coefficient (Wildman–Crippen LogP) is 2.48. The van der Waals surface area contributed by atoms with Crippen LogP contribution < -0.4 is 9.55 Å². The van der Waals surface area contributed by atoms with Crippen LogP contribution in [0.5, 0.6) is 5.75 Å². The van der Waals surface area contributed by atoms with Gasteiger partial charge in [0.15, 0.2) is 6.79 Å². The van der Waals surface area contributed by atoms with E-state index in [9.17, 15) is 5.02 Å². The van der Waals surface area contributed by atoms with E-state index in [1.807, 2.05) is 16.9 Å². The molecule has 1 heterocycles. The number of benzene rings is 2. The number of rotatable bonds is 6. The van der Waals surface area contributed by atoms with Crippen LogP contribution >= 0.6 is 0 Å². The normalized spacial score (nSPS) is 16.7. The zero-order chi connectivity index (χ0) is 16.4. The third-order valence-electron chi connectivity index (χ3n) is 4.29. The molecule has 0 saturated heterocycles. The van der Waals surface area contributed by atoms with Gasteiger partial charge in [-0.2, -0.15) is 0 Å². The Labute approximate surface area is 136 Å². The summed E-state index contributed by atoms with van der Waals surface area (Å²) in [5.41, 5.74) is 2.09. The zero-order valence-electron chi connectivity index (χ0n) is 13.8. The average Bonchev–Trinajstić information content (AvgIpc) is 2.90. The van der Waals surface area contributed by atoms with Gasteiger partial charge in [0.05, 0.1) is 6.61 Å². The lowest BCUT2D eigenvalue weighted by Crippen LogP contribution is -2.36. The maximum atomic E-state index is 10.1. The molecule has 0 bridgehead atoms. The van der Waals surface area contributed by atoms with Crippen molar-refractivity contribution in [1.82, 2.24) is 0 Å². The lowest BCUT2D eigenvalue weighted by Gasteiger charge is -2.21. The maximum Gasteiger partial charge on any atom is 0.409 e. The molecular formula is C17H22BNO4. The molecule has 6 heteroatoms. The Kier molecular flexibility index (Phi) is 4.75. The van der Waals surface area contributed by atoms with Gasteiger partial charge in [-0.05, 0) is 18.3 Å². The highest BCUT2D eigenvalue weighted by molar-refractivity contribution is 6.54. The van der Waals surface area contributed by atoms with Crippen LogP contribution in [0.2, 0.25) is 6.82 Å². The SMILES string of the molecule is COCOc1c2c(cc3ccccc13)N(B(C)O)C[C@H]2COC. The summed E-state index contributed by atoms with van der Waals surface area (Å²) in [4.78, 5) is 1.99. The summed E-state index contributed by atoms with van der Waals surface area (Å²) in [6.45, 7) is 3.26. The van der Waals surface area contributed by atoms with Gasteiger partial charge in [0.2, 0.25) is 0 Å². The Morgan fingerprint density at radius 3 is 2.74 bits per heavy atom. The number of ether oxygens (including phenoxy) is 3. The first-order chi connectivity index (χ1) is 11.2. The molecule has 2 aromatic rings. The van der Waals surface area contributed by atoms with E-state index in [-0.39, 0.29) is 12.7 Å². The largest absolute Gasteiger partial charge is 0.467 e. The lowest BCUT2D eigenvalue weighted by atomic mass is 9.85. The smallest absolute Gasteiger partial charge is 0.409 e. The van der Waals surface area contributed by atoms with E-state index in [1.54, 1.807) is 21.0 Å². The number of anilines is 1. The molecule has 1 N–H and O–H groups in total. The van der Waals surface area contributed by atoms with Gasteiger partial charge in [0.1, 0.15) is 5.75 Å². The molecule has 0 fully saturated rings. The van der Waals surface area contributed by atoms with Crippen molar-refractivity contribution in [3.63, 3.8) is 0 Å². The minimum Gasteiger partial charge on any atom is -0.467 e. The Morgan fingerprint density at radius 2 is 2.04 bits per heavy atom. The Hall–Kier alpha value is -1.76. The minimum atomic E-state index is -0.563. The molecule has 0 unspecified atom stereocenters. The highest BCUT2D eigenvalue weighted by Gasteiger charge is 2.36. The third-order valence-corrected chi connectivity index (χ3v) is 4.29. The van der Waals surface area contributed by atoms with Crippen molar-refractivity contribution in [1.29, 1.82) is 0 Å². The molecule has 23 heavy (non-hydrogen) atoms. The summed E-state index contributed by atoms with van der Waals surface area (Å²) in [5.74, 6) is 0.978. The molecule has 1 atom stereocenters. The number of nitrogens with zero attached hydrogens (tertiary/aromatic N) is 1. The summed E-state index contributed by atoms with van der Waals surface area (Å²) >= 11 is 0. The highest BCUT2D eigenvalue weighted by atomic mass is 16.7. The Balaban J connectivity index is 2.21. The van der Waals surface area contributed by atoms with Gasteiger partial charge < -0.3 is 24.0 Å². The molecule has 122 valence electrons. The van der Waals surface area contributed by atoms with Crippen LogP contribution in [-0.2, 0) is 9.47 Å². The number of fused-ring (bicyclic) bond motifs is 2. The third kappa shape index (κ3) is 2.90. The first-order valence-electron chi connectivity index (χ1n) is 7.78. The van der Waals surface area contributed by atoms with Gasteiger partial charge in [-0.1, -0.05) is 24.3 Å². The predicted molar refractivity (Wildman–Crippen MR) is 92.3 cm³/mol. The zero-order valence-corrected chi connectivity index (χ0v) is 13.8. The van der Waals surface area contributed by atoms with Crippen LogP contribution in [0.1, 0.15) is 11.5 Å². The molecule has 3 rings (SSSR count). The summed E-state index contributed by atoms with van der Waals surface area (Å²) in [7, 11) is 2.74. The number of hydrogen-bond donors (Lipinski definition) is 1. The average molecular weight is 315 g/mol. The minimum absolute atomic E-state index is 0.154. The van der Waals surface area contributed by atoms with Crippen molar-refractivity contribution in [3.8, 4) is 5.75 Å². The van der Waals surface area contributed by atoms with Crippen molar-refractivity contribution in [2.24, 2.45) is 0 Å². The fourth-order valence-electron chi connectivity index (χ4n) is 3.34. The molecule has 1 aliphatic rings. The summed E-state index contributed by atoms with van der Waals surface area (Å²) in [5, 5.41) is 12.3. The van der Waals surface area contributed by atoms with E-state index in [0.29, 0.717) is 13.2 Å². The highest BCUT2D eigenvalue weighted by Crippen LogP contribution is 2.46. The first-order valence-corrected chi connectivity index (χ1v) is 7.78. The van der Waals surface area contributed by atoms with E-state index < -0.39 is 7.05 Å². The standard InChI is InChI=1S/C17H22BNO4/c1-18(20)19-9-13(10-21-2)16-15(19)8-12-6-4-5-7-14(12)17(16)23-11-22-3/h4-8,13,20H,9-11H2,1-3H3/t13-/m0/s1. The van der Waals surface area contributed by atoms with Gasteiger partial charge in [0, 0.05) is 43.3 Å². The molecule has 1 aliphatic heterocycles. The summed E-state index contributed by atoms with van der Waals surface area (Å²) in [6, 6.07) is 10.2. The second kappa shape index (κ2) is 6.78. The molecule has 0 aromatic heterocycles. The van der Waals surface area contributed by atoms with Crippen molar-refractivity contribution >= 4 is 23.5 Å². The van der Waals surface area contributed by atoms with E-state index in [1.165, 1.54) is 0 Å². The van der Waals surface area contributed by atoms with Crippen LogP contribution in [0, 0.1) is 0 Å². The lowest BCUT2D eigenvalue weighted by molar-refractivity contribution is 0.0511. The Bertz CT molecular complexity index is 692. The second-order valence-electron chi connectivity index (χ2n) is 5.85. The number of methoxy groups -OCH3 is 2. The quantitative estimate of drug-likeness (QED) is 0.656. The molecule has 0 aliphatic carbocycles. The first kappa shape index (κ1) is 16.1. The van der Waals surface area contributed by atoms with Crippen molar-refractivity contribution < 1.29 is 19.2 Å². The van der Waals surface area contributed by atoms with E-state index in [0.717, 1.165) is 27.8 Å². The fourth-order valence-corrected chi connectivity index (χ4v) is 3.34. The topological polar surface area (TPSA) is 51.2 Å². The van der Waals surface area contributed by atoms with Gasteiger partial charge in [-0.15, -0.1) is 0 Å². The molecule has 0 radical (unpaired) electrons. The van der Waals surface area contributed by atoms with E-state index in [4.69, 9.17) is 14.2 Å².